The number of carbonyl (C=O) groups excluding carboxylic acids is 1. The summed E-state index contributed by atoms with van der Waals surface area (Å²) in [4.78, 5) is 11.3. The van der Waals surface area contributed by atoms with Crippen LogP contribution in [0.15, 0.2) is 60.2 Å². The Hall–Kier alpha value is -1.89. The van der Waals surface area contributed by atoms with Crippen LogP contribution in [0.25, 0.3) is 5.57 Å². The van der Waals surface area contributed by atoms with Crippen LogP contribution in [-0.2, 0) is 4.79 Å². The highest BCUT2D eigenvalue weighted by molar-refractivity contribution is 5.99. The van der Waals surface area contributed by atoms with Gasteiger partial charge in [-0.1, -0.05) is 62.4 Å². The predicted molar refractivity (Wildman–Crippen MR) is 78.3 cm³/mol. The monoisotopic (exact) mass is 240 g/mol. The maximum Gasteiger partial charge on any atom is 0.150 e. The van der Waals surface area contributed by atoms with E-state index in [1.165, 1.54) is 0 Å². The summed E-state index contributed by atoms with van der Waals surface area (Å²) in [5.74, 6) is 0. The van der Waals surface area contributed by atoms with E-state index in [4.69, 9.17) is 0 Å². The fraction of sp³-hybridized carbons (Fsp3) is 0.235. The van der Waals surface area contributed by atoms with Crippen LogP contribution in [0.3, 0.4) is 0 Å². The summed E-state index contributed by atoms with van der Waals surface area (Å²) in [5, 5.41) is 0. The van der Waals surface area contributed by atoms with Crippen molar-refractivity contribution in [2.75, 3.05) is 0 Å². The molecule has 0 atom stereocenters. The minimum Gasteiger partial charge on any atom is -0.298 e. The third-order valence-electron chi connectivity index (χ3n) is 2.86. The number of unbranched alkanes of at least 4 members (excludes halogenated alkanes) is 1. The first-order chi connectivity index (χ1) is 8.74. The van der Waals surface area contributed by atoms with Crippen molar-refractivity contribution in [1.82, 2.24) is 0 Å². The zero-order valence-corrected chi connectivity index (χ0v) is 11.1. The molecule has 0 radical (unpaired) electrons. The fourth-order valence-corrected chi connectivity index (χ4v) is 1.77. The normalized spacial score (nSPS) is 12.9. The topological polar surface area (TPSA) is 17.1 Å². The first-order valence-electron chi connectivity index (χ1n) is 6.29. The molecule has 0 aromatic heterocycles. The van der Waals surface area contributed by atoms with Crippen LogP contribution in [-0.4, -0.2) is 6.29 Å². The lowest BCUT2D eigenvalue weighted by Gasteiger charge is -2.10. The molecular weight excluding hydrogens is 220 g/mol. The van der Waals surface area contributed by atoms with Gasteiger partial charge >= 0.3 is 0 Å². The third-order valence-corrected chi connectivity index (χ3v) is 2.86. The Morgan fingerprint density at radius 3 is 2.44 bits per heavy atom. The molecule has 0 fully saturated rings. The number of hydrogen-bond acceptors (Lipinski definition) is 1. The predicted octanol–water partition coefficient (Wildman–Crippen LogP) is 4.57. The molecule has 0 aliphatic carbocycles. The number of aldehydes is 1. The van der Waals surface area contributed by atoms with Crippen LogP contribution in [0.2, 0.25) is 0 Å². The van der Waals surface area contributed by atoms with Crippen LogP contribution >= 0.6 is 0 Å². The number of rotatable bonds is 6. The minimum absolute atomic E-state index is 0.727. The molecule has 1 heteroatoms. The lowest BCUT2D eigenvalue weighted by molar-refractivity contribution is -0.104. The van der Waals surface area contributed by atoms with Crippen LogP contribution in [0, 0.1) is 0 Å². The molecule has 0 saturated heterocycles. The highest BCUT2D eigenvalue weighted by atomic mass is 16.1. The molecule has 0 spiro atoms. The molecule has 0 aliphatic rings. The van der Waals surface area contributed by atoms with E-state index in [-0.39, 0.29) is 0 Å². The quantitative estimate of drug-likeness (QED) is 0.404. The van der Waals surface area contributed by atoms with Gasteiger partial charge < -0.3 is 0 Å². The van der Waals surface area contributed by atoms with Crippen LogP contribution in [0.5, 0.6) is 0 Å². The first kappa shape index (κ1) is 14.2. The van der Waals surface area contributed by atoms with Gasteiger partial charge in [-0.3, -0.25) is 4.79 Å². The fourth-order valence-electron chi connectivity index (χ4n) is 1.77. The molecule has 94 valence electrons. The van der Waals surface area contributed by atoms with Gasteiger partial charge in [-0.2, -0.15) is 0 Å². The molecule has 1 aromatic carbocycles. The van der Waals surface area contributed by atoms with Crippen LogP contribution < -0.4 is 0 Å². The van der Waals surface area contributed by atoms with Crippen molar-refractivity contribution in [3.8, 4) is 0 Å². The van der Waals surface area contributed by atoms with Gasteiger partial charge in [0.1, 0.15) is 0 Å². The molecule has 0 bridgehead atoms. The Morgan fingerprint density at radius 2 is 1.94 bits per heavy atom. The van der Waals surface area contributed by atoms with Crippen molar-refractivity contribution in [3.63, 3.8) is 0 Å². The lowest BCUT2D eigenvalue weighted by Crippen LogP contribution is -1.95. The molecule has 1 rings (SSSR count). The maximum atomic E-state index is 11.3. The Morgan fingerprint density at radius 1 is 1.28 bits per heavy atom. The van der Waals surface area contributed by atoms with Crippen molar-refractivity contribution in [1.29, 1.82) is 0 Å². The van der Waals surface area contributed by atoms with Gasteiger partial charge in [-0.25, -0.2) is 0 Å². The number of benzene rings is 1. The van der Waals surface area contributed by atoms with Crippen molar-refractivity contribution in [2.24, 2.45) is 0 Å². The standard InChI is InChI=1S/C17H20O/c1-4-6-12-16(15-10-8-7-9-11-15)17(13-18)14(3)5-2/h5,7-13H,2,4,6H2,1,3H3/b16-12-,17-14-. The van der Waals surface area contributed by atoms with E-state index in [2.05, 4.69) is 19.6 Å². The molecule has 0 N–H and O–H groups in total. The van der Waals surface area contributed by atoms with Gasteiger partial charge in [0.2, 0.25) is 0 Å². The molecule has 1 aromatic rings. The molecule has 1 nitrogen and oxygen atoms in total. The van der Waals surface area contributed by atoms with Crippen molar-refractivity contribution in [2.45, 2.75) is 26.7 Å². The molecule has 0 unspecified atom stereocenters. The van der Waals surface area contributed by atoms with E-state index < -0.39 is 0 Å². The Balaban J connectivity index is 3.31. The SMILES string of the molecule is C=C/C(C)=C(C=O)\C(=C/CCC)c1ccccc1. The second kappa shape index (κ2) is 7.44. The van der Waals surface area contributed by atoms with Gasteiger partial charge in [-0.15, -0.1) is 0 Å². The average molecular weight is 240 g/mol. The summed E-state index contributed by atoms with van der Waals surface area (Å²) >= 11 is 0. The first-order valence-corrected chi connectivity index (χ1v) is 6.29. The molecule has 18 heavy (non-hydrogen) atoms. The molecule has 0 saturated carbocycles. The molecule has 0 amide bonds. The highest BCUT2D eigenvalue weighted by Crippen LogP contribution is 2.25. The second-order valence-electron chi connectivity index (χ2n) is 4.19. The zero-order valence-electron chi connectivity index (χ0n) is 11.1. The molecule has 0 aliphatic heterocycles. The molecule has 0 heterocycles. The van der Waals surface area contributed by atoms with Crippen LogP contribution in [0.1, 0.15) is 32.3 Å². The van der Waals surface area contributed by atoms with E-state index in [0.29, 0.717) is 0 Å². The van der Waals surface area contributed by atoms with Gasteiger partial charge in [0.15, 0.2) is 6.29 Å². The minimum atomic E-state index is 0.727. The summed E-state index contributed by atoms with van der Waals surface area (Å²) in [5.41, 5.74) is 3.72. The smallest absolute Gasteiger partial charge is 0.150 e. The zero-order chi connectivity index (χ0) is 13.4. The van der Waals surface area contributed by atoms with Gasteiger partial charge in [0, 0.05) is 5.57 Å². The maximum absolute atomic E-state index is 11.3. The van der Waals surface area contributed by atoms with Crippen molar-refractivity contribution in [3.05, 3.63) is 65.8 Å². The summed E-state index contributed by atoms with van der Waals surface area (Å²) in [6.07, 6.45) is 6.81. The van der Waals surface area contributed by atoms with E-state index in [1.807, 2.05) is 37.3 Å². The summed E-state index contributed by atoms with van der Waals surface area (Å²) in [7, 11) is 0. The van der Waals surface area contributed by atoms with Crippen molar-refractivity contribution < 1.29 is 4.79 Å². The van der Waals surface area contributed by atoms with E-state index in [0.717, 1.165) is 41.4 Å². The second-order valence-corrected chi connectivity index (χ2v) is 4.19. The summed E-state index contributed by atoms with van der Waals surface area (Å²) < 4.78 is 0. The summed E-state index contributed by atoms with van der Waals surface area (Å²) in [6.45, 7) is 7.79. The lowest BCUT2D eigenvalue weighted by atomic mass is 9.94. The van der Waals surface area contributed by atoms with E-state index in [9.17, 15) is 4.79 Å². The Labute approximate surface area is 110 Å². The molecular formula is C17H20O. The third kappa shape index (κ3) is 3.56. The largest absolute Gasteiger partial charge is 0.298 e. The van der Waals surface area contributed by atoms with Gasteiger partial charge in [-0.05, 0) is 30.1 Å². The average Bonchev–Trinajstić information content (AvgIpc) is 2.43. The number of hydrogen-bond donors (Lipinski definition) is 0. The number of allylic oxidation sites excluding steroid dienone is 5. The van der Waals surface area contributed by atoms with E-state index in [1.54, 1.807) is 6.08 Å². The van der Waals surface area contributed by atoms with Gasteiger partial charge in [0.25, 0.3) is 0 Å². The Kier molecular flexibility index (Phi) is 5.86. The Bertz CT molecular complexity index is 464. The van der Waals surface area contributed by atoms with Crippen molar-refractivity contribution >= 4 is 11.9 Å². The van der Waals surface area contributed by atoms with E-state index >= 15 is 0 Å². The number of carbonyl (C=O) groups is 1. The summed E-state index contributed by atoms with van der Waals surface area (Å²) in [6, 6.07) is 10.0. The van der Waals surface area contributed by atoms with Crippen LogP contribution in [0.4, 0.5) is 0 Å². The highest BCUT2D eigenvalue weighted by Gasteiger charge is 2.08. The van der Waals surface area contributed by atoms with Gasteiger partial charge in [0.05, 0.1) is 0 Å².